The van der Waals surface area contributed by atoms with Crippen LogP contribution in [0.5, 0.6) is 0 Å². The minimum absolute atomic E-state index is 0.0280. The molecule has 2 atom stereocenters. The molecule has 0 heterocycles. The summed E-state index contributed by atoms with van der Waals surface area (Å²) in [6.45, 7) is 1.17. The van der Waals surface area contributed by atoms with Crippen molar-refractivity contribution in [2.75, 3.05) is 0 Å². The van der Waals surface area contributed by atoms with Crippen molar-refractivity contribution in [1.29, 1.82) is 0 Å². The van der Waals surface area contributed by atoms with Crippen molar-refractivity contribution in [1.82, 2.24) is 4.72 Å². The van der Waals surface area contributed by atoms with E-state index in [1.54, 1.807) is 6.07 Å². The van der Waals surface area contributed by atoms with E-state index in [-0.39, 0.29) is 9.92 Å². The average Bonchev–Trinajstić information content (AvgIpc) is 2.25. The van der Waals surface area contributed by atoms with E-state index in [9.17, 15) is 18.3 Å². The van der Waals surface area contributed by atoms with Gasteiger partial charge in [-0.3, -0.25) is 4.79 Å². The third-order valence-corrected chi connectivity index (χ3v) is 4.10. The molecule has 0 aromatic heterocycles. The third-order valence-electron chi connectivity index (χ3n) is 2.16. The number of nitrogens with one attached hydrogen (secondary N) is 1. The molecule has 0 bridgehead atoms. The van der Waals surface area contributed by atoms with Crippen LogP contribution >= 0.6 is 11.6 Å². The number of carboxylic acid groups (broad SMARTS) is 1. The molecular weight excluding hydrogens is 282 g/mol. The summed E-state index contributed by atoms with van der Waals surface area (Å²) >= 11 is 5.72. The van der Waals surface area contributed by atoms with E-state index in [2.05, 4.69) is 0 Å². The van der Waals surface area contributed by atoms with Gasteiger partial charge in [0.05, 0.1) is 11.1 Å². The summed E-state index contributed by atoms with van der Waals surface area (Å²) in [5, 5.41) is 18.0. The van der Waals surface area contributed by atoms with Crippen LogP contribution in [0.25, 0.3) is 0 Å². The van der Waals surface area contributed by atoms with Gasteiger partial charge in [0.15, 0.2) is 0 Å². The second-order valence-electron chi connectivity index (χ2n) is 3.61. The number of hydrogen-bond acceptors (Lipinski definition) is 4. The van der Waals surface area contributed by atoms with Gasteiger partial charge in [-0.05, 0) is 19.1 Å². The Hall–Kier alpha value is -1.15. The predicted molar refractivity (Wildman–Crippen MR) is 64.9 cm³/mol. The molecule has 0 radical (unpaired) electrons. The Morgan fingerprint density at radius 2 is 1.94 bits per heavy atom. The third kappa shape index (κ3) is 3.42. The minimum atomic E-state index is -4.10. The molecular formula is C10H12ClNO5S. The Morgan fingerprint density at radius 3 is 2.39 bits per heavy atom. The zero-order valence-corrected chi connectivity index (χ0v) is 10.9. The van der Waals surface area contributed by atoms with Crippen molar-refractivity contribution < 1.29 is 23.4 Å². The number of hydrogen-bond donors (Lipinski definition) is 3. The number of halogens is 1. The maximum Gasteiger partial charge on any atom is 0.324 e. The normalized spacial score (nSPS) is 15.1. The number of carbonyl (C=O) groups is 1. The molecule has 1 aromatic rings. The van der Waals surface area contributed by atoms with Gasteiger partial charge < -0.3 is 10.2 Å². The second kappa shape index (κ2) is 5.66. The first kappa shape index (κ1) is 14.9. The molecule has 100 valence electrons. The van der Waals surface area contributed by atoms with Gasteiger partial charge in [0.1, 0.15) is 10.9 Å². The lowest BCUT2D eigenvalue weighted by Crippen LogP contribution is -2.47. The number of carboxylic acids is 1. The van der Waals surface area contributed by atoms with E-state index >= 15 is 0 Å². The van der Waals surface area contributed by atoms with Crippen molar-refractivity contribution >= 4 is 27.6 Å². The number of aliphatic hydroxyl groups is 1. The van der Waals surface area contributed by atoms with Gasteiger partial charge in [0, 0.05) is 0 Å². The molecule has 0 aliphatic carbocycles. The maximum atomic E-state index is 11.9. The summed E-state index contributed by atoms with van der Waals surface area (Å²) in [5.41, 5.74) is 0. The van der Waals surface area contributed by atoms with Gasteiger partial charge in [-0.2, -0.15) is 4.72 Å². The molecule has 0 amide bonds. The first-order chi connectivity index (χ1) is 8.25. The zero-order chi connectivity index (χ0) is 13.9. The highest BCUT2D eigenvalue weighted by Gasteiger charge is 2.30. The van der Waals surface area contributed by atoms with Crippen LogP contribution < -0.4 is 4.72 Å². The summed E-state index contributed by atoms with van der Waals surface area (Å²) < 4.78 is 25.7. The Balaban J connectivity index is 3.09. The summed E-state index contributed by atoms with van der Waals surface area (Å²) in [4.78, 5) is 10.6. The molecule has 1 rings (SSSR count). The molecule has 0 aliphatic rings. The lowest BCUT2D eigenvalue weighted by Gasteiger charge is -2.17. The lowest BCUT2D eigenvalue weighted by atomic mass is 10.2. The van der Waals surface area contributed by atoms with Crippen LogP contribution in [0.1, 0.15) is 6.92 Å². The van der Waals surface area contributed by atoms with Crippen LogP contribution in [0.3, 0.4) is 0 Å². The molecule has 8 heteroatoms. The quantitative estimate of drug-likeness (QED) is 0.731. The maximum absolute atomic E-state index is 11.9. The Kier molecular flexibility index (Phi) is 4.69. The molecule has 0 unspecified atom stereocenters. The lowest BCUT2D eigenvalue weighted by molar-refractivity contribution is -0.141. The van der Waals surface area contributed by atoms with Crippen molar-refractivity contribution in [2.24, 2.45) is 0 Å². The van der Waals surface area contributed by atoms with Crippen LogP contribution in [0.15, 0.2) is 29.2 Å². The fraction of sp³-hybridized carbons (Fsp3) is 0.300. The highest BCUT2D eigenvalue weighted by molar-refractivity contribution is 7.89. The topological polar surface area (TPSA) is 104 Å². The van der Waals surface area contributed by atoms with E-state index in [0.29, 0.717) is 0 Å². The fourth-order valence-corrected chi connectivity index (χ4v) is 3.03. The SMILES string of the molecule is C[C@@H](O)[C@H](NS(=O)(=O)c1ccccc1Cl)C(=O)O. The zero-order valence-electron chi connectivity index (χ0n) is 9.37. The van der Waals surface area contributed by atoms with E-state index < -0.39 is 28.1 Å². The van der Waals surface area contributed by atoms with Crippen molar-refractivity contribution in [3.63, 3.8) is 0 Å². The van der Waals surface area contributed by atoms with E-state index in [4.69, 9.17) is 16.7 Å². The standard InChI is InChI=1S/C10H12ClNO5S/c1-6(13)9(10(14)15)12-18(16,17)8-5-3-2-4-7(8)11/h2-6,9,12-13H,1H3,(H,14,15)/t6-,9+/m1/s1. The summed E-state index contributed by atoms with van der Waals surface area (Å²) in [7, 11) is -4.10. The molecule has 0 saturated carbocycles. The molecule has 0 fully saturated rings. The number of sulfonamides is 1. The van der Waals surface area contributed by atoms with E-state index in [1.165, 1.54) is 25.1 Å². The van der Waals surface area contributed by atoms with Crippen molar-refractivity contribution in [3.8, 4) is 0 Å². The number of aliphatic carboxylic acids is 1. The van der Waals surface area contributed by atoms with Crippen LogP contribution in [-0.4, -0.2) is 36.7 Å². The monoisotopic (exact) mass is 293 g/mol. The predicted octanol–water partition coefficient (Wildman–Crippen LogP) is 0.452. The van der Waals surface area contributed by atoms with Crippen LogP contribution in [0.2, 0.25) is 5.02 Å². The summed E-state index contributed by atoms with van der Waals surface area (Å²) in [6.07, 6.45) is -1.38. The first-order valence-corrected chi connectivity index (χ1v) is 6.79. The van der Waals surface area contributed by atoms with Crippen molar-refractivity contribution in [3.05, 3.63) is 29.3 Å². The number of aliphatic hydroxyl groups excluding tert-OH is 1. The molecule has 3 N–H and O–H groups in total. The molecule has 0 saturated heterocycles. The smallest absolute Gasteiger partial charge is 0.324 e. The Labute approximate surface area is 109 Å². The van der Waals surface area contributed by atoms with Crippen molar-refractivity contribution in [2.45, 2.75) is 24.0 Å². The molecule has 1 aromatic carbocycles. The molecule has 0 aliphatic heterocycles. The van der Waals surface area contributed by atoms with Crippen LogP contribution in [0, 0.1) is 0 Å². The Bertz CT molecular complexity index is 543. The molecule has 6 nitrogen and oxygen atoms in total. The summed E-state index contributed by atoms with van der Waals surface area (Å²) in [5.74, 6) is -1.47. The Morgan fingerprint density at radius 1 is 1.39 bits per heavy atom. The van der Waals surface area contributed by atoms with Gasteiger partial charge in [-0.25, -0.2) is 8.42 Å². The van der Waals surface area contributed by atoms with Crippen LogP contribution in [-0.2, 0) is 14.8 Å². The van der Waals surface area contributed by atoms with E-state index in [1.807, 2.05) is 4.72 Å². The highest BCUT2D eigenvalue weighted by Crippen LogP contribution is 2.20. The van der Waals surface area contributed by atoms with Gasteiger partial charge in [0.25, 0.3) is 0 Å². The van der Waals surface area contributed by atoms with E-state index in [0.717, 1.165) is 0 Å². The van der Waals surface area contributed by atoms with Gasteiger partial charge in [0.2, 0.25) is 10.0 Å². The largest absolute Gasteiger partial charge is 0.480 e. The van der Waals surface area contributed by atoms with Crippen LogP contribution in [0.4, 0.5) is 0 Å². The molecule has 0 spiro atoms. The van der Waals surface area contributed by atoms with Gasteiger partial charge >= 0.3 is 5.97 Å². The highest BCUT2D eigenvalue weighted by atomic mass is 35.5. The number of benzene rings is 1. The van der Waals surface area contributed by atoms with Gasteiger partial charge in [-0.15, -0.1) is 0 Å². The van der Waals surface area contributed by atoms with Gasteiger partial charge in [-0.1, -0.05) is 23.7 Å². The molecule has 18 heavy (non-hydrogen) atoms. The fourth-order valence-electron chi connectivity index (χ4n) is 1.25. The first-order valence-electron chi connectivity index (χ1n) is 4.93. The minimum Gasteiger partial charge on any atom is -0.480 e. The average molecular weight is 294 g/mol. The number of rotatable bonds is 5. The second-order valence-corrected chi connectivity index (χ2v) is 5.70. The summed E-state index contributed by atoms with van der Waals surface area (Å²) in [6, 6.07) is 3.98.